The fourth-order valence-electron chi connectivity index (χ4n) is 4.42. The van der Waals surface area contributed by atoms with Crippen molar-refractivity contribution in [2.45, 2.75) is 71.1 Å². The van der Waals surface area contributed by atoms with Crippen molar-refractivity contribution in [2.75, 3.05) is 6.54 Å². The quantitative estimate of drug-likeness (QED) is 0.725. The van der Waals surface area contributed by atoms with Crippen molar-refractivity contribution in [1.29, 1.82) is 0 Å². The highest BCUT2D eigenvalue weighted by atomic mass is 14.6. The van der Waals surface area contributed by atoms with E-state index in [4.69, 9.17) is 5.73 Å². The van der Waals surface area contributed by atoms with Gasteiger partial charge in [0, 0.05) is 0 Å². The summed E-state index contributed by atoms with van der Waals surface area (Å²) in [4.78, 5) is 0. The zero-order valence-corrected chi connectivity index (χ0v) is 11.7. The van der Waals surface area contributed by atoms with Crippen LogP contribution in [0.25, 0.3) is 0 Å². The maximum absolute atomic E-state index is 6.04. The van der Waals surface area contributed by atoms with Gasteiger partial charge in [-0.05, 0) is 49.5 Å². The molecule has 4 atom stereocenters. The molecule has 2 saturated carbocycles. The molecular weight excluding hydrogens is 206 g/mol. The van der Waals surface area contributed by atoms with Crippen LogP contribution in [0.3, 0.4) is 0 Å². The second kappa shape index (κ2) is 6.78. The largest absolute Gasteiger partial charge is 0.330 e. The molecule has 0 heterocycles. The molecule has 2 fully saturated rings. The second-order valence-electron chi connectivity index (χ2n) is 6.50. The molecule has 0 radical (unpaired) electrons. The van der Waals surface area contributed by atoms with Gasteiger partial charge in [-0.2, -0.15) is 0 Å². The summed E-state index contributed by atoms with van der Waals surface area (Å²) in [5.41, 5.74) is 6.04. The lowest BCUT2D eigenvalue weighted by atomic mass is 9.69. The van der Waals surface area contributed by atoms with E-state index in [9.17, 15) is 0 Å². The Kier molecular flexibility index (Phi) is 5.34. The van der Waals surface area contributed by atoms with E-state index in [1.165, 1.54) is 64.2 Å². The van der Waals surface area contributed by atoms with Crippen LogP contribution in [0.1, 0.15) is 71.1 Å². The van der Waals surface area contributed by atoms with E-state index in [1.54, 1.807) is 0 Å². The fraction of sp³-hybridized carbons (Fsp3) is 1.00. The first-order valence-corrected chi connectivity index (χ1v) is 8.05. The van der Waals surface area contributed by atoms with Crippen LogP contribution < -0.4 is 5.73 Å². The van der Waals surface area contributed by atoms with Gasteiger partial charge in [-0.25, -0.2) is 0 Å². The average Bonchev–Trinajstić information content (AvgIpc) is 2.63. The molecule has 2 N–H and O–H groups in total. The molecule has 17 heavy (non-hydrogen) atoms. The van der Waals surface area contributed by atoms with Crippen LogP contribution in [0.15, 0.2) is 0 Å². The third-order valence-corrected chi connectivity index (χ3v) is 5.53. The molecule has 0 aromatic rings. The van der Waals surface area contributed by atoms with Gasteiger partial charge in [-0.15, -0.1) is 0 Å². The molecule has 2 aliphatic rings. The molecule has 0 aromatic carbocycles. The Balaban J connectivity index is 1.96. The van der Waals surface area contributed by atoms with Crippen molar-refractivity contribution in [3.8, 4) is 0 Å². The van der Waals surface area contributed by atoms with E-state index < -0.39 is 0 Å². The lowest BCUT2D eigenvalue weighted by molar-refractivity contribution is 0.137. The van der Waals surface area contributed by atoms with Gasteiger partial charge in [-0.1, -0.05) is 51.9 Å². The highest BCUT2D eigenvalue weighted by Gasteiger charge is 2.32. The molecule has 0 aliphatic heterocycles. The van der Waals surface area contributed by atoms with Crippen LogP contribution in [0.4, 0.5) is 0 Å². The Morgan fingerprint density at radius 3 is 2.53 bits per heavy atom. The maximum atomic E-state index is 6.04. The van der Waals surface area contributed by atoms with Crippen molar-refractivity contribution < 1.29 is 0 Å². The Labute approximate surface area is 108 Å². The third-order valence-electron chi connectivity index (χ3n) is 5.53. The lowest BCUT2D eigenvalue weighted by Crippen LogP contribution is -2.31. The summed E-state index contributed by atoms with van der Waals surface area (Å²) >= 11 is 0. The second-order valence-corrected chi connectivity index (χ2v) is 6.50. The summed E-state index contributed by atoms with van der Waals surface area (Å²) in [6.07, 6.45) is 14.6. The molecule has 0 amide bonds. The zero-order valence-electron chi connectivity index (χ0n) is 11.7. The van der Waals surface area contributed by atoms with Gasteiger partial charge in [-0.3, -0.25) is 0 Å². The van der Waals surface area contributed by atoms with E-state index >= 15 is 0 Å². The van der Waals surface area contributed by atoms with Crippen LogP contribution in [-0.4, -0.2) is 6.54 Å². The van der Waals surface area contributed by atoms with Gasteiger partial charge in [0.2, 0.25) is 0 Å². The minimum absolute atomic E-state index is 0.845. The standard InChI is InChI=1S/C16H31N/c1-2-13-7-6-9-14(11-13)16-10-5-3-4-8-15(16)12-17/h13-16H,2-12,17H2,1H3. The lowest BCUT2D eigenvalue weighted by Gasteiger charge is -2.37. The van der Waals surface area contributed by atoms with Gasteiger partial charge in [0.25, 0.3) is 0 Å². The van der Waals surface area contributed by atoms with Crippen molar-refractivity contribution in [3.63, 3.8) is 0 Å². The monoisotopic (exact) mass is 237 g/mol. The highest BCUT2D eigenvalue weighted by Crippen LogP contribution is 2.42. The van der Waals surface area contributed by atoms with E-state index in [2.05, 4.69) is 6.92 Å². The van der Waals surface area contributed by atoms with Crippen molar-refractivity contribution in [1.82, 2.24) is 0 Å². The molecule has 0 saturated heterocycles. The fourth-order valence-corrected chi connectivity index (χ4v) is 4.42. The van der Waals surface area contributed by atoms with Gasteiger partial charge in [0.1, 0.15) is 0 Å². The van der Waals surface area contributed by atoms with Gasteiger partial charge in [0.15, 0.2) is 0 Å². The van der Waals surface area contributed by atoms with Crippen LogP contribution in [-0.2, 0) is 0 Å². The Morgan fingerprint density at radius 2 is 1.76 bits per heavy atom. The van der Waals surface area contributed by atoms with Crippen LogP contribution in [0, 0.1) is 23.7 Å². The molecule has 4 unspecified atom stereocenters. The number of nitrogens with two attached hydrogens (primary N) is 1. The van der Waals surface area contributed by atoms with Gasteiger partial charge >= 0.3 is 0 Å². The minimum atomic E-state index is 0.845. The Bertz CT molecular complexity index is 214. The molecule has 0 bridgehead atoms. The average molecular weight is 237 g/mol. The zero-order chi connectivity index (χ0) is 12.1. The number of hydrogen-bond acceptors (Lipinski definition) is 1. The molecule has 0 aromatic heterocycles. The molecule has 2 rings (SSSR count). The van der Waals surface area contributed by atoms with Gasteiger partial charge < -0.3 is 5.73 Å². The molecule has 2 aliphatic carbocycles. The minimum Gasteiger partial charge on any atom is -0.330 e. The molecule has 1 heteroatoms. The first kappa shape index (κ1) is 13.4. The van der Waals surface area contributed by atoms with Crippen molar-refractivity contribution in [2.24, 2.45) is 29.4 Å². The van der Waals surface area contributed by atoms with Crippen LogP contribution in [0.5, 0.6) is 0 Å². The SMILES string of the molecule is CCC1CCCC(C2CCCCCC2CN)C1. The molecular formula is C16H31N. The highest BCUT2D eigenvalue weighted by molar-refractivity contribution is 4.84. The van der Waals surface area contributed by atoms with E-state index in [0.29, 0.717) is 0 Å². The first-order chi connectivity index (χ1) is 8.35. The molecule has 100 valence electrons. The third kappa shape index (κ3) is 3.47. The van der Waals surface area contributed by atoms with Crippen molar-refractivity contribution in [3.05, 3.63) is 0 Å². The predicted molar refractivity (Wildman–Crippen MR) is 74.9 cm³/mol. The molecule has 0 spiro atoms. The smallest absolute Gasteiger partial charge is 0.00461 e. The van der Waals surface area contributed by atoms with E-state index in [-0.39, 0.29) is 0 Å². The van der Waals surface area contributed by atoms with E-state index in [0.717, 1.165) is 30.2 Å². The predicted octanol–water partition coefficient (Wildman–Crippen LogP) is 4.36. The summed E-state index contributed by atoms with van der Waals surface area (Å²) < 4.78 is 0. The van der Waals surface area contributed by atoms with E-state index in [1.807, 2.05) is 0 Å². The first-order valence-electron chi connectivity index (χ1n) is 8.05. The number of hydrogen-bond donors (Lipinski definition) is 1. The summed E-state index contributed by atoms with van der Waals surface area (Å²) in [6.45, 7) is 3.32. The Morgan fingerprint density at radius 1 is 0.941 bits per heavy atom. The van der Waals surface area contributed by atoms with Crippen LogP contribution >= 0.6 is 0 Å². The Hall–Kier alpha value is -0.0400. The summed E-state index contributed by atoms with van der Waals surface area (Å²) in [5.74, 6) is 3.85. The summed E-state index contributed by atoms with van der Waals surface area (Å²) in [7, 11) is 0. The van der Waals surface area contributed by atoms with Crippen LogP contribution in [0.2, 0.25) is 0 Å². The topological polar surface area (TPSA) is 26.0 Å². The normalized spacial score (nSPS) is 39.9. The maximum Gasteiger partial charge on any atom is -0.00461 e. The summed E-state index contributed by atoms with van der Waals surface area (Å²) in [6, 6.07) is 0. The number of rotatable bonds is 3. The summed E-state index contributed by atoms with van der Waals surface area (Å²) in [5, 5.41) is 0. The molecule has 1 nitrogen and oxygen atoms in total. The van der Waals surface area contributed by atoms with Crippen molar-refractivity contribution >= 4 is 0 Å². The van der Waals surface area contributed by atoms with Gasteiger partial charge in [0.05, 0.1) is 0 Å².